The van der Waals surface area contributed by atoms with Gasteiger partial charge in [0.25, 0.3) is 0 Å². The van der Waals surface area contributed by atoms with E-state index in [0.29, 0.717) is 16.7 Å². The Morgan fingerprint density at radius 1 is 1.57 bits per heavy atom. The molecule has 0 unspecified atom stereocenters. The molecule has 1 heterocycles. The van der Waals surface area contributed by atoms with Gasteiger partial charge in [-0.2, -0.15) is 0 Å². The Hall–Kier alpha value is -2.04. The van der Waals surface area contributed by atoms with Crippen LogP contribution in [0.25, 0.3) is 11.0 Å². The van der Waals surface area contributed by atoms with Crippen molar-refractivity contribution in [2.45, 2.75) is 6.92 Å². The number of rotatable bonds is 1. The first-order valence-electron chi connectivity index (χ1n) is 3.98. The third kappa shape index (κ3) is 1.10. The van der Waals surface area contributed by atoms with Crippen LogP contribution in [0.5, 0.6) is 0 Å². The van der Waals surface area contributed by atoms with Crippen molar-refractivity contribution in [3.05, 3.63) is 23.4 Å². The molecule has 0 spiro atoms. The van der Waals surface area contributed by atoms with E-state index in [1.165, 1.54) is 0 Å². The molecule has 1 aromatic carbocycles. The van der Waals surface area contributed by atoms with Crippen LogP contribution >= 0.6 is 0 Å². The van der Waals surface area contributed by atoms with Gasteiger partial charge in [-0.15, -0.1) is 0 Å². The van der Waals surface area contributed by atoms with Gasteiger partial charge in [0.05, 0.1) is 5.39 Å². The number of benzene rings is 1. The first-order chi connectivity index (χ1) is 6.59. The number of carboxylic acids is 1. The lowest BCUT2D eigenvalue weighted by Gasteiger charge is -1.97. The minimum atomic E-state index is -1.10. The van der Waals surface area contributed by atoms with Crippen molar-refractivity contribution in [1.82, 2.24) is 5.16 Å². The lowest BCUT2D eigenvalue weighted by atomic mass is 10.1. The summed E-state index contributed by atoms with van der Waals surface area (Å²) in [6.07, 6.45) is 0. The number of nitrogens with zero attached hydrogens (tertiary/aromatic N) is 1. The van der Waals surface area contributed by atoms with Gasteiger partial charge in [0, 0.05) is 11.8 Å². The van der Waals surface area contributed by atoms with E-state index >= 15 is 0 Å². The summed E-state index contributed by atoms with van der Waals surface area (Å²) in [5.41, 5.74) is 7.19. The molecule has 5 heteroatoms. The minimum absolute atomic E-state index is 0.0718. The van der Waals surface area contributed by atoms with Gasteiger partial charge in [0.1, 0.15) is 0 Å². The molecule has 1 aromatic heterocycles. The highest BCUT2D eigenvalue weighted by Gasteiger charge is 2.16. The van der Waals surface area contributed by atoms with E-state index in [4.69, 9.17) is 15.4 Å². The molecule has 0 radical (unpaired) electrons. The normalized spacial score (nSPS) is 10.6. The molecule has 0 aliphatic rings. The van der Waals surface area contributed by atoms with Crippen LogP contribution in [0.4, 0.5) is 5.69 Å². The van der Waals surface area contributed by atoms with Crippen molar-refractivity contribution in [1.29, 1.82) is 0 Å². The largest absolute Gasteiger partial charge is 0.476 e. The zero-order valence-electron chi connectivity index (χ0n) is 7.44. The maximum Gasteiger partial charge on any atom is 0.358 e. The number of nitrogens with two attached hydrogens (primary N) is 1. The van der Waals surface area contributed by atoms with Crippen molar-refractivity contribution in [2.75, 3.05) is 5.73 Å². The molecule has 5 nitrogen and oxygen atoms in total. The Morgan fingerprint density at radius 2 is 2.29 bits per heavy atom. The predicted molar refractivity (Wildman–Crippen MR) is 50.1 cm³/mol. The standard InChI is InChI=1S/C9H8N2O3/c1-4-2-5(10)3-6-7(4)8(9(12)13)11-14-6/h2-3H,10H2,1H3,(H,12,13). The van der Waals surface area contributed by atoms with Crippen molar-refractivity contribution < 1.29 is 14.4 Å². The van der Waals surface area contributed by atoms with E-state index < -0.39 is 5.97 Å². The number of anilines is 1. The van der Waals surface area contributed by atoms with E-state index in [9.17, 15) is 4.79 Å². The van der Waals surface area contributed by atoms with Gasteiger partial charge in [-0.25, -0.2) is 4.79 Å². The first kappa shape index (κ1) is 8.55. The molecule has 0 bridgehead atoms. The lowest BCUT2D eigenvalue weighted by Crippen LogP contribution is -1.97. The average Bonchev–Trinajstić information content (AvgIpc) is 2.47. The van der Waals surface area contributed by atoms with E-state index in [1.54, 1.807) is 19.1 Å². The Labute approximate surface area is 79.1 Å². The summed E-state index contributed by atoms with van der Waals surface area (Å²) in [4.78, 5) is 10.8. The second-order valence-corrected chi connectivity index (χ2v) is 3.05. The summed E-state index contributed by atoms with van der Waals surface area (Å²) < 4.78 is 4.86. The van der Waals surface area contributed by atoms with Crippen LogP contribution < -0.4 is 5.73 Å². The fourth-order valence-electron chi connectivity index (χ4n) is 1.44. The highest BCUT2D eigenvalue weighted by molar-refractivity contribution is 6.02. The molecular weight excluding hydrogens is 184 g/mol. The Morgan fingerprint density at radius 3 is 2.93 bits per heavy atom. The Balaban J connectivity index is 2.85. The smallest absolute Gasteiger partial charge is 0.358 e. The number of aryl methyl sites for hydroxylation is 1. The van der Waals surface area contributed by atoms with Gasteiger partial charge >= 0.3 is 5.97 Å². The topological polar surface area (TPSA) is 89.4 Å². The quantitative estimate of drug-likeness (QED) is 0.667. The summed E-state index contributed by atoms with van der Waals surface area (Å²) >= 11 is 0. The third-order valence-electron chi connectivity index (χ3n) is 2.00. The first-order valence-corrected chi connectivity index (χ1v) is 3.98. The molecule has 14 heavy (non-hydrogen) atoms. The van der Waals surface area contributed by atoms with Crippen molar-refractivity contribution >= 4 is 22.6 Å². The molecule has 0 atom stereocenters. The monoisotopic (exact) mass is 192 g/mol. The van der Waals surface area contributed by atoms with Gasteiger partial charge < -0.3 is 15.4 Å². The van der Waals surface area contributed by atoms with Gasteiger partial charge in [-0.05, 0) is 18.6 Å². The molecule has 2 aromatic rings. The molecule has 72 valence electrons. The number of aromatic carboxylic acids is 1. The summed E-state index contributed by atoms with van der Waals surface area (Å²) in [5, 5.41) is 12.8. The molecule has 2 rings (SSSR count). The number of hydrogen-bond acceptors (Lipinski definition) is 4. The average molecular weight is 192 g/mol. The van der Waals surface area contributed by atoms with Gasteiger partial charge in [-0.3, -0.25) is 0 Å². The Bertz CT molecular complexity index is 516. The van der Waals surface area contributed by atoms with Crippen LogP contribution in [-0.2, 0) is 0 Å². The van der Waals surface area contributed by atoms with Gasteiger partial charge in [-0.1, -0.05) is 5.16 Å². The van der Waals surface area contributed by atoms with Crippen LogP contribution in [-0.4, -0.2) is 16.2 Å². The second kappa shape index (κ2) is 2.73. The summed E-state index contributed by atoms with van der Waals surface area (Å²) in [6, 6.07) is 3.24. The van der Waals surface area contributed by atoms with E-state index in [2.05, 4.69) is 5.16 Å². The van der Waals surface area contributed by atoms with Crippen LogP contribution in [0.2, 0.25) is 0 Å². The number of carboxylic acid groups (broad SMARTS) is 1. The second-order valence-electron chi connectivity index (χ2n) is 3.05. The van der Waals surface area contributed by atoms with Crippen LogP contribution in [0.1, 0.15) is 16.1 Å². The maximum atomic E-state index is 10.8. The number of fused-ring (bicyclic) bond motifs is 1. The summed E-state index contributed by atoms with van der Waals surface area (Å²) in [6.45, 7) is 1.77. The third-order valence-corrected chi connectivity index (χ3v) is 2.00. The molecule has 3 N–H and O–H groups in total. The van der Waals surface area contributed by atoms with Crippen LogP contribution in [0.15, 0.2) is 16.7 Å². The number of nitrogen functional groups attached to an aromatic ring is 1. The predicted octanol–water partition coefficient (Wildman–Crippen LogP) is 1.42. The molecule has 0 saturated carbocycles. The molecular formula is C9H8N2O3. The number of hydrogen-bond donors (Lipinski definition) is 2. The lowest BCUT2D eigenvalue weighted by molar-refractivity contribution is 0.0688. The van der Waals surface area contributed by atoms with Crippen LogP contribution in [0.3, 0.4) is 0 Å². The summed E-state index contributed by atoms with van der Waals surface area (Å²) in [7, 11) is 0. The van der Waals surface area contributed by atoms with Crippen LogP contribution in [0, 0.1) is 6.92 Å². The molecule has 0 aliphatic heterocycles. The maximum absolute atomic E-state index is 10.8. The van der Waals surface area contributed by atoms with E-state index in [1.807, 2.05) is 0 Å². The highest BCUT2D eigenvalue weighted by Crippen LogP contribution is 2.25. The fraction of sp³-hybridized carbons (Fsp3) is 0.111. The molecule has 0 saturated heterocycles. The van der Waals surface area contributed by atoms with Gasteiger partial charge in [0.15, 0.2) is 11.3 Å². The van der Waals surface area contributed by atoms with Crippen molar-refractivity contribution in [2.24, 2.45) is 0 Å². The summed E-state index contributed by atoms with van der Waals surface area (Å²) in [5.74, 6) is -1.10. The molecule has 0 fully saturated rings. The van der Waals surface area contributed by atoms with Crippen molar-refractivity contribution in [3.63, 3.8) is 0 Å². The molecule has 0 amide bonds. The van der Waals surface area contributed by atoms with Crippen molar-refractivity contribution in [3.8, 4) is 0 Å². The highest BCUT2D eigenvalue weighted by atomic mass is 16.5. The van der Waals surface area contributed by atoms with E-state index in [-0.39, 0.29) is 5.69 Å². The van der Waals surface area contributed by atoms with Gasteiger partial charge in [0.2, 0.25) is 0 Å². The Kier molecular flexibility index (Phi) is 1.67. The zero-order chi connectivity index (χ0) is 10.3. The molecule has 0 aliphatic carbocycles. The SMILES string of the molecule is Cc1cc(N)cc2onc(C(=O)O)c12. The van der Waals surface area contributed by atoms with E-state index in [0.717, 1.165) is 5.56 Å². The fourth-order valence-corrected chi connectivity index (χ4v) is 1.44. The number of aromatic nitrogens is 1. The number of carbonyl (C=O) groups is 1. The minimum Gasteiger partial charge on any atom is -0.476 e. The zero-order valence-corrected chi connectivity index (χ0v) is 7.44.